The van der Waals surface area contributed by atoms with E-state index in [0.29, 0.717) is 5.56 Å². The molecule has 104 valence electrons. The Balaban J connectivity index is 1.97. The monoisotopic (exact) mass is 275 g/mol. The van der Waals surface area contributed by atoms with Crippen LogP contribution in [0.25, 0.3) is 0 Å². The van der Waals surface area contributed by atoms with Gasteiger partial charge in [0, 0.05) is 13.1 Å². The number of halogens is 3. The predicted molar refractivity (Wildman–Crippen MR) is 59.4 cm³/mol. The molecule has 4 nitrogen and oxygen atoms in total. The lowest BCUT2D eigenvalue weighted by Crippen LogP contribution is -2.53. The van der Waals surface area contributed by atoms with E-state index in [4.69, 9.17) is 5.11 Å². The van der Waals surface area contributed by atoms with Gasteiger partial charge in [-0.15, -0.1) is 13.2 Å². The smallest absolute Gasteiger partial charge is 0.406 e. The van der Waals surface area contributed by atoms with Gasteiger partial charge in [-0.3, -0.25) is 4.79 Å². The van der Waals surface area contributed by atoms with Gasteiger partial charge in [-0.05, 0) is 17.7 Å². The van der Waals surface area contributed by atoms with Crippen LogP contribution in [0.4, 0.5) is 13.2 Å². The highest BCUT2D eigenvalue weighted by Gasteiger charge is 2.31. The third kappa shape index (κ3) is 3.85. The molecule has 1 saturated heterocycles. The van der Waals surface area contributed by atoms with Crippen LogP contribution in [0, 0.1) is 0 Å². The van der Waals surface area contributed by atoms with Crippen LogP contribution in [0.3, 0.4) is 0 Å². The van der Waals surface area contributed by atoms with E-state index in [1.54, 1.807) is 6.07 Å². The number of aliphatic hydroxyl groups is 1. The van der Waals surface area contributed by atoms with Crippen molar-refractivity contribution in [2.24, 2.45) is 0 Å². The van der Waals surface area contributed by atoms with Crippen LogP contribution in [-0.2, 0) is 11.2 Å². The molecule has 0 atom stereocenters. The van der Waals surface area contributed by atoms with Gasteiger partial charge in [0.2, 0.25) is 5.91 Å². The van der Waals surface area contributed by atoms with E-state index in [9.17, 15) is 18.0 Å². The van der Waals surface area contributed by atoms with Gasteiger partial charge in [-0.2, -0.15) is 0 Å². The van der Waals surface area contributed by atoms with E-state index in [2.05, 4.69) is 4.74 Å². The van der Waals surface area contributed by atoms with Crippen LogP contribution in [-0.4, -0.2) is 41.5 Å². The Kier molecular flexibility index (Phi) is 3.66. The molecule has 1 heterocycles. The maximum Gasteiger partial charge on any atom is 0.573 e. The largest absolute Gasteiger partial charge is 0.573 e. The second-order valence-corrected chi connectivity index (χ2v) is 4.32. The number of carbonyl (C=O) groups is 1. The van der Waals surface area contributed by atoms with Gasteiger partial charge >= 0.3 is 6.36 Å². The Hall–Kier alpha value is -1.76. The number of benzene rings is 1. The van der Waals surface area contributed by atoms with E-state index >= 15 is 0 Å². The van der Waals surface area contributed by atoms with Crippen molar-refractivity contribution in [1.82, 2.24) is 4.90 Å². The second kappa shape index (κ2) is 5.08. The molecule has 1 amide bonds. The highest BCUT2D eigenvalue weighted by atomic mass is 19.4. The van der Waals surface area contributed by atoms with Crippen LogP contribution in [0.1, 0.15) is 5.56 Å². The number of likely N-dealkylation sites (tertiary alicyclic amines) is 1. The highest BCUT2D eigenvalue weighted by Crippen LogP contribution is 2.23. The zero-order valence-corrected chi connectivity index (χ0v) is 9.85. The molecular weight excluding hydrogens is 263 g/mol. The van der Waals surface area contributed by atoms with E-state index in [1.165, 1.54) is 23.1 Å². The lowest BCUT2D eigenvalue weighted by atomic mass is 10.1. The van der Waals surface area contributed by atoms with Crippen molar-refractivity contribution in [1.29, 1.82) is 0 Å². The molecule has 2 rings (SSSR count). The van der Waals surface area contributed by atoms with Crippen molar-refractivity contribution in [3.05, 3.63) is 29.8 Å². The van der Waals surface area contributed by atoms with E-state index in [-0.39, 0.29) is 31.2 Å². The topological polar surface area (TPSA) is 49.8 Å². The number of aliphatic hydroxyl groups excluding tert-OH is 1. The van der Waals surface area contributed by atoms with Crippen molar-refractivity contribution in [2.75, 3.05) is 13.1 Å². The zero-order chi connectivity index (χ0) is 14.0. The number of amides is 1. The molecule has 19 heavy (non-hydrogen) atoms. The number of β-amino-alcohol motifs (C(OH)–C–C–N with tert-alkyl or cyclic N) is 1. The number of rotatable bonds is 3. The maximum absolute atomic E-state index is 12.0. The molecule has 1 aliphatic heterocycles. The first-order valence-electron chi connectivity index (χ1n) is 5.64. The fraction of sp³-hybridized carbons (Fsp3) is 0.417. The number of alkyl halides is 3. The van der Waals surface area contributed by atoms with Crippen LogP contribution in [0.2, 0.25) is 0 Å². The minimum atomic E-state index is -4.75. The van der Waals surface area contributed by atoms with Crippen molar-refractivity contribution in [2.45, 2.75) is 18.9 Å². The van der Waals surface area contributed by atoms with E-state index in [1.807, 2.05) is 0 Å². The molecule has 0 spiro atoms. The Morgan fingerprint density at radius 3 is 2.68 bits per heavy atom. The van der Waals surface area contributed by atoms with Crippen LogP contribution < -0.4 is 4.74 Å². The van der Waals surface area contributed by atoms with Gasteiger partial charge in [0.1, 0.15) is 5.75 Å². The molecule has 0 radical (unpaired) electrons. The molecule has 0 unspecified atom stereocenters. The average molecular weight is 275 g/mol. The Morgan fingerprint density at radius 1 is 1.42 bits per heavy atom. The second-order valence-electron chi connectivity index (χ2n) is 4.32. The summed E-state index contributed by atoms with van der Waals surface area (Å²) >= 11 is 0. The molecular formula is C12H12F3NO3. The van der Waals surface area contributed by atoms with Crippen molar-refractivity contribution >= 4 is 5.91 Å². The summed E-state index contributed by atoms with van der Waals surface area (Å²) in [6.07, 6.45) is -5.25. The van der Waals surface area contributed by atoms with Crippen molar-refractivity contribution < 1.29 is 27.8 Å². The molecule has 0 aromatic heterocycles. The van der Waals surface area contributed by atoms with Crippen LogP contribution in [0.15, 0.2) is 24.3 Å². The fourth-order valence-electron chi connectivity index (χ4n) is 1.80. The van der Waals surface area contributed by atoms with Gasteiger partial charge in [0.15, 0.2) is 0 Å². The summed E-state index contributed by atoms with van der Waals surface area (Å²) in [6.45, 7) is 0.551. The molecule has 0 bridgehead atoms. The molecule has 0 aliphatic carbocycles. The summed E-state index contributed by atoms with van der Waals surface area (Å²) in [5.74, 6) is -0.573. The molecule has 1 aliphatic rings. The van der Waals surface area contributed by atoms with E-state index in [0.717, 1.165) is 0 Å². The minimum absolute atomic E-state index is 0.0121. The molecule has 1 aromatic rings. The average Bonchev–Trinajstić information content (AvgIpc) is 2.22. The minimum Gasteiger partial charge on any atom is -0.406 e. The summed E-state index contributed by atoms with van der Waals surface area (Å²) in [4.78, 5) is 13.1. The summed E-state index contributed by atoms with van der Waals surface area (Å²) < 4.78 is 39.9. The van der Waals surface area contributed by atoms with Gasteiger partial charge in [0.25, 0.3) is 0 Å². The first kappa shape index (κ1) is 13.7. The number of nitrogens with zero attached hydrogens (tertiary/aromatic N) is 1. The van der Waals surface area contributed by atoms with Gasteiger partial charge in [-0.1, -0.05) is 12.1 Å². The van der Waals surface area contributed by atoms with Gasteiger partial charge < -0.3 is 14.7 Å². The van der Waals surface area contributed by atoms with Crippen LogP contribution >= 0.6 is 0 Å². The summed E-state index contributed by atoms with van der Waals surface area (Å²) in [5.41, 5.74) is 0.438. The van der Waals surface area contributed by atoms with Crippen molar-refractivity contribution in [3.63, 3.8) is 0 Å². The number of ether oxygens (including phenoxy) is 1. The number of carbonyl (C=O) groups excluding carboxylic acids is 1. The molecule has 1 N–H and O–H groups in total. The lowest BCUT2D eigenvalue weighted by molar-refractivity contribution is -0.274. The normalized spacial score (nSPS) is 16.1. The van der Waals surface area contributed by atoms with Gasteiger partial charge in [-0.25, -0.2) is 0 Å². The predicted octanol–water partition coefficient (Wildman–Crippen LogP) is 1.33. The Labute approximate surface area is 107 Å². The summed E-state index contributed by atoms with van der Waals surface area (Å²) in [6, 6.07) is 5.31. The van der Waals surface area contributed by atoms with Gasteiger partial charge in [0.05, 0.1) is 12.5 Å². The lowest BCUT2D eigenvalue weighted by Gasteiger charge is -2.35. The van der Waals surface area contributed by atoms with Crippen LogP contribution in [0.5, 0.6) is 5.75 Å². The van der Waals surface area contributed by atoms with E-state index < -0.39 is 12.5 Å². The quantitative estimate of drug-likeness (QED) is 0.905. The Bertz CT molecular complexity index is 470. The maximum atomic E-state index is 12.0. The summed E-state index contributed by atoms with van der Waals surface area (Å²) in [7, 11) is 0. The highest BCUT2D eigenvalue weighted by molar-refractivity contribution is 5.79. The zero-order valence-electron chi connectivity index (χ0n) is 9.85. The number of hydrogen-bond donors (Lipinski definition) is 1. The molecule has 1 aromatic carbocycles. The third-order valence-electron chi connectivity index (χ3n) is 2.70. The SMILES string of the molecule is O=C(Cc1cccc(OC(F)(F)F)c1)N1CC(O)C1. The summed E-state index contributed by atoms with van der Waals surface area (Å²) in [5, 5.41) is 9.07. The first-order valence-corrected chi connectivity index (χ1v) is 5.64. The van der Waals surface area contributed by atoms with Crippen molar-refractivity contribution in [3.8, 4) is 5.75 Å². The Morgan fingerprint density at radius 2 is 2.11 bits per heavy atom. The molecule has 0 saturated carbocycles. The standard InChI is InChI=1S/C12H12F3NO3/c13-12(14,15)19-10-3-1-2-8(4-10)5-11(18)16-6-9(17)7-16/h1-4,9,17H,5-7H2. The fourth-order valence-corrected chi connectivity index (χ4v) is 1.80. The molecule has 1 fully saturated rings. The first-order chi connectivity index (χ1) is 8.83. The number of hydrogen-bond acceptors (Lipinski definition) is 3. The molecule has 7 heteroatoms. The third-order valence-corrected chi connectivity index (χ3v) is 2.70.